The fourth-order valence-corrected chi connectivity index (χ4v) is 4.15. The maximum Gasteiger partial charge on any atom is 0.411 e. The normalized spacial score (nSPS) is 15.3. The highest BCUT2D eigenvalue weighted by Crippen LogP contribution is 2.29. The van der Waals surface area contributed by atoms with Crippen LogP contribution in [-0.2, 0) is 20.8 Å². The first-order valence-corrected chi connectivity index (χ1v) is 12.4. The van der Waals surface area contributed by atoms with Gasteiger partial charge in [0.1, 0.15) is 23.2 Å². The van der Waals surface area contributed by atoms with E-state index >= 15 is 0 Å². The Bertz CT molecular complexity index is 1480. The highest BCUT2D eigenvalue weighted by molar-refractivity contribution is 6.00. The smallest absolute Gasteiger partial charge is 0.411 e. The number of rotatable bonds is 5. The van der Waals surface area contributed by atoms with Crippen LogP contribution in [-0.4, -0.2) is 81.3 Å². The number of pyridine rings is 3. The molecule has 1 aliphatic rings. The molecule has 4 heterocycles. The third-order valence-corrected chi connectivity index (χ3v) is 6.12. The van der Waals surface area contributed by atoms with E-state index in [2.05, 4.69) is 20.3 Å². The molecule has 1 atom stereocenters. The zero-order chi connectivity index (χ0) is 29.0. The van der Waals surface area contributed by atoms with Crippen LogP contribution in [0.2, 0.25) is 0 Å². The molecule has 40 heavy (non-hydrogen) atoms. The van der Waals surface area contributed by atoms with Crippen molar-refractivity contribution in [3.8, 4) is 11.8 Å². The summed E-state index contributed by atoms with van der Waals surface area (Å²) in [7, 11) is 1.26. The first-order valence-electron chi connectivity index (χ1n) is 12.4. The molecule has 0 saturated carbocycles. The van der Waals surface area contributed by atoms with Crippen molar-refractivity contribution in [1.29, 1.82) is 5.26 Å². The van der Waals surface area contributed by atoms with E-state index in [-0.39, 0.29) is 36.8 Å². The molecule has 0 aromatic carbocycles. The minimum atomic E-state index is -0.907. The number of hydrogen-bond donors (Lipinski definition) is 2. The van der Waals surface area contributed by atoms with Gasteiger partial charge in [0.05, 0.1) is 25.4 Å². The molecule has 0 bridgehead atoms. The summed E-state index contributed by atoms with van der Waals surface area (Å²) in [5.41, 5.74) is 0.394. The van der Waals surface area contributed by atoms with Crippen LogP contribution >= 0.6 is 0 Å². The molecule has 0 spiro atoms. The number of aromatic hydroxyl groups is 1. The number of aromatic nitrogens is 3. The Kier molecular flexibility index (Phi) is 7.99. The first-order chi connectivity index (χ1) is 19.0. The third kappa shape index (κ3) is 6.17. The fraction of sp³-hybridized carbons (Fsp3) is 0.370. The van der Waals surface area contributed by atoms with Gasteiger partial charge in [0.2, 0.25) is 0 Å². The molecule has 1 aliphatic heterocycles. The Hall–Kier alpha value is -4.99. The van der Waals surface area contributed by atoms with Crippen LogP contribution in [0.3, 0.4) is 0 Å². The van der Waals surface area contributed by atoms with E-state index in [1.807, 2.05) is 11.0 Å². The van der Waals surface area contributed by atoms with Gasteiger partial charge in [-0.05, 0) is 44.5 Å². The van der Waals surface area contributed by atoms with Gasteiger partial charge in [-0.25, -0.2) is 24.5 Å². The second kappa shape index (κ2) is 11.4. The van der Waals surface area contributed by atoms with E-state index in [0.29, 0.717) is 28.8 Å². The third-order valence-electron chi connectivity index (χ3n) is 6.12. The Morgan fingerprint density at radius 1 is 1.15 bits per heavy atom. The van der Waals surface area contributed by atoms with Gasteiger partial charge in [0.25, 0.3) is 5.91 Å². The summed E-state index contributed by atoms with van der Waals surface area (Å²) in [5, 5.41) is 22.6. The summed E-state index contributed by atoms with van der Waals surface area (Å²) in [6.07, 6.45) is 2.26. The molecular formula is C27H29N7O6. The van der Waals surface area contributed by atoms with E-state index < -0.39 is 29.6 Å². The van der Waals surface area contributed by atoms with E-state index in [1.54, 1.807) is 45.0 Å². The molecule has 0 aliphatic carbocycles. The zero-order valence-electron chi connectivity index (χ0n) is 22.5. The fourth-order valence-electron chi connectivity index (χ4n) is 4.15. The second-order valence-electron chi connectivity index (χ2n) is 10.1. The molecule has 2 N–H and O–H groups in total. The van der Waals surface area contributed by atoms with Crippen molar-refractivity contribution >= 4 is 34.7 Å². The SMILES string of the molecule is COC(=O)[C@H]1CN(c2ccc3c(O)c(C(=O)NCc4ccc(C#N)nc4)ncc3n2)CCN1C(=O)OC(C)(C)C. The molecule has 3 aromatic rings. The standard InChI is InChI=1S/C27H29N7O6/c1-27(2,3)40-26(38)34-10-9-33(15-20(34)25(37)39-4)21-8-7-18-19(32-21)14-30-22(23(18)35)24(36)31-13-16-5-6-17(11-28)29-12-16/h5-8,12,14,20,35H,9-10,13,15H2,1-4H3,(H,31,36)/t20-/m1/s1. The number of nitrogens with one attached hydrogen (secondary N) is 1. The van der Waals surface area contributed by atoms with Crippen molar-refractivity contribution in [3.05, 3.63) is 53.6 Å². The lowest BCUT2D eigenvalue weighted by Crippen LogP contribution is -2.59. The molecule has 13 heteroatoms. The predicted molar refractivity (Wildman–Crippen MR) is 142 cm³/mol. The molecule has 1 fully saturated rings. The van der Waals surface area contributed by atoms with Crippen LogP contribution < -0.4 is 10.2 Å². The van der Waals surface area contributed by atoms with Crippen molar-refractivity contribution in [2.24, 2.45) is 0 Å². The van der Waals surface area contributed by atoms with Crippen LogP contribution in [0.25, 0.3) is 10.9 Å². The van der Waals surface area contributed by atoms with Crippen LogP contribution in [0.15, 0.2) is 36.7 Å². The van der Waals surface area contributed by atoms with Gasteiger partial charge in [-0.3, -0.25) is 9.69 Å². The molecular weight excluding hydrogens is 518 g/mol. The van der Waals surface area contributed by atoms with Gasteiger partial charge < -0.3 is 24.8 Å². The van der Waals surface area contributed by atoms with Crippen molar-refractivity contribution in [2.75, 3.05) is 31.6 Å². The lowest BCUT2D eigenvalue weighted by Gasteiger charge is -2.40. The Morgan fingerprint density at radius 2 is 1.93 bits per heavy atom. The van der Waals surface area contributed by atoms with Crippen LogP contribution in [0.1, 0.15) is 42.5 Å². The highest BCUT2D eigenvalue weighted by Gasteiger charge is 2.38. The number of piperazine rings is 1. The average molecular weight is 548 g/mol. The minimum Gasteiger partial charge on any atom is -0.505 e. The zero-order valence-corrected chi connectivity index (χ0v) is 22.5. The quantitative estimate of drug-likeness (QED) is 0.448. The number of anilines is 1. The number of ether oxygens (including phenoxy) is 2. The second-order valence-corrected chi connectivity index (χ2v) is 10.1. The van der Waals surface area contributed by atoms with Gasteiger partial charge >= 0.3 is 12.1 Å². The Balaban J connectivity index is 1.50. The number of amides is 2. The minimum absolute atomic E-state index is 0.120. The molecule has 208 valence electrons. The summed E-state index contributed by atoms with van der Waals surface area (Å²) in [4.78, 5) is 53.8. The summed E-state index contributed by atoms with van der Waals surface area (Å²) < 4.78 is 10.4. The number of methoxy groups -OCH3 is 1. The van der Waals surface area contributed by atoms with E-state index in [4.69, 9.17) is 14.7 Å². The van der Waals surface area contributed by atoms with Crippen molar-refractivity contribution in [2.45, 2.75) is 39.0 Å². The van der Waals surface area contributed by atoms with Crippen molar-refractivity contribution in [1.82, 2.24) is 25.2 Å². The van der Waals surface area contributed by atoms with Gasteiger partial charge in [-0.2, -0.15) is 5.26 Å². The molecule has 3 aromatic heterocycles. The van der Waals surface area contributed by atoms with Crippen molar-refractivity contribution < 1.29 is 29.0 Å². The summed E-state index contributed by atoms with van der Waals surface area (Å²) in [6, 6.07) is 7.50. The number of nitrogens with zero attached hydrogens (tertiary/aromatic N) is 6. The summed E-state index contributed by atoms with van der Waals surface area (Å²) >= 11 is 0. The summed E-state index contributed by atoms with van der Waals surface area (Å²) in [6.45, 7) is 6.07. The lowest BCUT2D eigenvalue weighted by molar-refractivity contribution is -0.147. The van der Waals surface area contributed by atoms with E-state index in [0.717, 1.165) is 0 Å². The predicted octanol–water partition coefficient (Wildman–Crippen LogP) is 2.13. The molecule has 0 unspecified atom stereocenters. The topological polar surface area (TPSA) is 171 Å². The maximum absolute atomic E-state index is 12.7. The highest BCUT2D eigenvalue weighted by atomic mass is 16.6. The van der Waals surface area contributed by atoms with Crippen molar-refractivity contribution in [3.63, 3.8) is 0 Å². The van der Waals surface area contributed by atoms with Gasteiger partial charge in [0.15, 0.2) is 17.5 Å². The van der Waals surface area contributed by atoms with E-state index in [9.17, 15) is 19.5 Å². The monoisotopic (exact) mass is 547 g/mol. The number of carbonyl (C=O) groups is 3. The molecule has 0 radical (unpaired) electrons. The molecule has 4 rings (SSSR count). The maximum atomic E-state index is 12.7. The summed E-state index contributed by atoms with van der Waals surface area (Å²) in [5.74, 6) is -0.999. The molecule has 13 nitrogen and oxygen atoms in total. The van der Waals surface area contributed by atoms with E-state index in [1.165, 1.54) is 24.4 Å². The molecule has 1 saturated heterocycles. The Morgan fingerprint density at radius 3 is 2.58 bits per heavy atom. The number of carbonyl (C=O) groups excluding carboxylic acids is 3. The number of fused-ring (bicyclic) bond motifs is 1. The van der Waals surface area contributed by atoms with Crippen LogP contribution in [0.5, 0.6) is 5.75 Å². The number of esters is 1. The number of nitriles is 1. The lowest BCUT2D eigenvalue weighted by atomic mass is 10.1. The Labute approximate surface area is 230 Å². The largest absolute Gasteiger partial charge is 0.505 e. The van der Waals surface area contributed by atoms with Crippen LogP contribution in [0.4, 0.5) is 10.6 Å². The first kappa shape index (κ1) is 28.0. The molecule has 2 amide bonds. The average Bonchev–Trinajstić information content (AvgIpc) is 2.94. The van der Waals surface area contributed by atoms with Crippen LogP contribution in [0, 0.1) is 11.3 Å². The van der Waals surface area contributed by atoms with Gasteiger partial charge in [0, 0.05) is 31.2 Å². The number of hydrogen-bond acceptors (Lipinski definition) is 11. The van der Waals surface area contributed by atoms with Gasteiger partial charge in [-0.1, -0.05) is 6.07 Å². The van der Waals surface area contributed by atoms with Gasteiger partial charge in [-0.15, -0.1) is 0 Å².